The topological polar surface area (TPSA) is 34.2 Å². The van der Waals surface area contributed by atoms with E-state index in [0.29, 0.717) is 0 Å². The van der Waals surface area contributed by atoms with Crippen molar-refractivity contribution in [1.82, 2.24) is 4.98 Å². The monoisotopic (exact) mass is 350 g/mol. The molecule has 25 heavy (non-hydrogen) atoms. The molecule has 0 unspecified atom stereocenters. The number of hydrogen-bond donors (Lipinski definition) is 1. The van der Waals surface area contributed by atoms with Gasteiger partial charge in [0.05, 0.1) is 22.9 Å². The van der Waals surface area contributed by atoms with Crippen LogP contribution in [0.3, 0.4) is 0 Å². The molecule has 2 aromatic carbocycles. The zero-order valence-corrected chi connectivity index (χ0v) is 15.6. The van der Waals surface area contributed by atoms with E-state index in [1.807, 2.05) is 12.1 Å². The number of thiazole rings is 1. The zero-order chi connectivity index (χ0) is 17.4. The van der Waals surface area contributed by atoms with Gasteiger partial charge in [0.25, 0.3) is 0 Å². The molecule has 0 bridgehead atoms. The minimum absolute atomic E-state index is 0.173. The molecule has 3 aromatic rings. The van der Waals surface area contributed by atoms with Crippen LogP contribution in [-0.4, -0.2) is 17.1 Å². The quantitative estimate of drug-likeness (QED) is 0.697. The summed E-state index contributed by atoms with van der Waals surface area (Å²) >= 11 is 1.78. The minimum atomic E-state index is -0.173. The number of rotatable bonds is 3. The molecule has 1 aromatic heterocycles. The van der Waals surface area contributed by atoms with Crippen molar-refractivity contribution in [3.05, 3.63) is 64.0 Å². The first-order valence-corrected chi connectivity index (χ1v) is 9.39. The van der Waals surface area contributed by atoms with Crippen molar-refractivity contribution in [2.45, 2.75) is 32.8 Å². The van der Waals surface area contributed by atoms with Crippen molar-refractivity contribution in [1.29, 1.82) is 0 Å². The van der Waals surface area contributed by atoms with Crippen LogP contribution in [-0.2, 0) is 6.42 Å². The molecule has 128 valence electrons. The predicted octanol–water partition coefficient (Wildman–Crippen LogP) is 5.29. The van der Waals surface area contributed by atoms with E-state index < -0.39 is 0 Å². The third kappa shape index (κ3) is 3.40. The second-order valence-corrected chi connectivity index (χ2v) is 8.39. The summed E-state index contributed by atoms with van der Waals surface area (Å²) < 4.78 is 6.04. The molecule has 3 nitrogen and oxygen atoms in total. The van der Waals surface area contributed by atoms with Crippen molar-refractivity contribution in [2.24, 2.45) is 0 Å². The fourth-order valence-electron chi connectivity index (χ4n) is 3.11. The summed E-state index contributed by atoms with van der Waals surface area (Å²) in [5.74, 6) is 0.914. The summed E-state index contributed by atoms with van der Waals surface area (Å²) in [6.45, 7) is 7.14. The van der Waals surface area contributed by atoms with E-state index in [9.17, 15) is 0 Å². The molecule has 0 aliphatic carbocycles. The highest BCUT2D eigenvalue weighted by Crippen LogP contribution is 2.37. The Kier molecular flexibility index (Phi) is 4.00. The molecule has 0 saturated heterocycles. The molecule has 0 amide bonds. The van der Waals surface area contributed by atoms with Gasteiger partial charge in [-0.05, 0) is 44.5 Å². The number of anilines is 1. The first kappa shape index (κ1) is 16.2. The Morgan fingerprint density at radius 3 is 2.76 bits per heavy atom. The van der Waals surface area contributed by atoms with Gasteiger partial charge in [-0.1, -0.05) is 30.3 Å². The van der Waals surface area contributed by atoms with Gasteiger partial charge in [0, 0.05) is 16.9 Å². The Morgan fingerprint density at radius 2 is 1.96 bits per heavy atom. The molecule has 0 spiro atoms. The van der Waals surface area contributed by atoms with Gasteiger partial charge in [-0.3, -0.25) is 0 Å². The van der Waals surface area contributed by atoms with Gasteiger partial charge >= 0.3 is 0 Å². The molecule has 1 aliphatic rings. The number of aromatic nitrogens is 1. The Bertz CT molecular complexity index is 900. The first-order chi connectivity index (χ1) is 12.0. The van der Waals surface area contributed by atoms with Crippen LogP contribution in [0.2, 0.25) is 0 Å². The smallest absolute Gasteiger partial charge is 0.143 e. The van der Waals surface area contributed by atoms with Crippen LogP contribution < -0.4 is 10.1 Å². The summed E-state index contributed by atoms with van der Waals surface area (Å²) in [5, 5.41) is 4.63. The molecule has 1 aliphatic heterocycles. The lowest BCUT2D eigenvalue weighted by Crippen LogP contribution is -2.39. The van der Waals surface area contributed by atoms with Crippen molar-refractivity contribution in [3.8, 4) is 17.0 Å². The molecule has 1 N–H and O–H groups in total. The third-order valence-corrected chi connectivity index (χ3v) is 5.35. The summed E-state index contributed by atoms with van der Waals surface area (Å²) in [6, 6.07) is 16.8. The number of aryl methyl sites for hydroxylation is 1. The van der Waals surface area contributed by atoms with Gasteiger partial charge in [-0.25, -0.2) is 4.98 Å². The summed E-state index contributed by atoms with van der Waals surface area (Å²) in [7, 11) is 0. The molecule has 4 heteroatoms. The van der Waals surface area contributed by atoms with Crippen LogP contribution in [0.25, 0.3) is 11.3 Å². The van der Waals surface area contributed by atoms with Crippen LogP contribution in [0.4, 0.5) is 5.69 Å². The second-order valence-electron chi connectivity index (χ2n) is 7.10. The van der Waals surface area contributed by atoms with Crippen LogP contribution in [0.1, 0.15) is 29.3 Å². The number of nitrogens with zero attached hydrogens (tertiary/aromatic N) is 1. The maximum Gasteiger partial charge on any atom is 0.143 e. The van der Waals surface area contributed by atoms with E-state index >= 15 is 0 Å². The first-order valence-electron chi connectivity index (χ1n) is 8.58. The Labute approximate surface area is 152 Å². The average Bonchev–Trinajstić information content (AvgIpc) is 2.95. The predicted molar refractivity (Wildman–Crippen MR) is 105 cm³/mol. The third-order valence-electron chi connectivity index (χ3n) is 4.38. The standard InChI is InChI=1S/C21H22N2OS/c1-14-20(23-19(25-14)11-15-7-5-4-6-8-15)16-9-10-18-17(12-16)22-13-21(2,3)24-18/h4-10,12,22H,11,13H2,1-3H3. The molecule has 0 saturated carbocycles. The van der Waals surface area contributed by atoms with Gasteiger partial charge in [0.2, 0.25) is 0 Å². The highest BCUT2D eigenvalue weighted by molar-refractivity contribution is 7.12. The van der Waals surface area contributed by atoms with Crippen LogP contribution in [0, 0.1) is 6.92 Å². The molecule has 4 rings (SSSR count). The van der Waals surface area contributed by atoms with Crippen molar-refractivity contribution < 1.29 is 4.74 Å². The average molecular weight is 350 g/mol. The Balaban J connectivity index is 1.62. The second kappa shape index (κ2) is 6.19. The number of ether oxygens (including phenoxy) is 1. The van der Waals surface area contributed by atoms with Crippen LogP contribution >= 0.6 is 11.3 Å². The van der Waals surface area contributed by atoms with E-state index in [1.165, 1.54) is 10.4 Å². The van der Waals surface area contributed by atoms with Gasteiger partial charge in [0.1, 0.15) is 11.4 Å². The van der Waals surface area contributed by atoms with Gasteiger partial charge in [-0.15, -0.1) is 11.3 Å². The number of hydrogen-bond acceptors (Lipinski definition) is 4. The lowest BCUT2D eigenvalue weighted by Gasteiger charge is -2.33. The number of benzene rings is 2. The molecular formula is C21H22N2OS. The Hall–Kier alpha value is -2.33. The van der Waals surface area contributed by atoms with E-state index in [2.05, 4.69) is 62.5 Å². The van der Waals surface area contributed by atoms with Crippen molar-refractivity contribution in [3.63, 3.8) is 0 Å². The van der Waals surface area contributed by atoms with Crippen LogP contribution in [0.15, 0.2) is 48.5 Å². The summed E-state index contributed by atoms with van der Waals surface area (Å²) in [5.41, 5.74) is 4.39. The zero-order valence-electron chi connectivity index (χ0n) is 14.8. The molecular weight excluding hydrogens is 328 g/mol. The fraction of sp³-hybridized carbons (Fsp3) is 0.286. The summed E-state index contributed by atoms with van der Waals surface area (Å²) in [4.78, 5) is 6.16. The highest BCUT2D eigenvalue weighted by Gasteiger charge is 2.26. The minimum Gasteiger partial charge on any atom is -0.484 e. The SMILES string of the molecule is Cc1sc(Cc2ccccc2)nc1-c1ccc2c(c1)NCC(C)(C)O2. The molecule has 0 atom stereocenters. The number of nitrogens with one attached hydrogen (secondary N) is 1. The Morgan fingerprint density at radius 1 is 1.16 bits per heavy atom. The molecule has 0 fully saturated rings. The summed E-state index contributed by atoms with van der Waals surface area (Å²) in [6.07, 6.45) is 0.882. The van der Waals surface area contributed by atoms with E-state index in [-0.39, 0.29) is 5.60 Å². The van der Waals surface area contributed by atoms with E-state index in [1.54, 1.807) is 11.3 Å². The highest BCUT2D eigenvalue weighted by atomic mass is 32.1. The fourth-order valence-corrected chi connectivity index (χ4v) is 4.10. The normalized spacial score (nSPS) is 15.2. The van der Waals surface area contributed by atoms with Crippen LogP contribution in [0.5, 0.6) is 5.75 Å². The van der Waals surface area contributed by atoms with Gasteiger partial charge < -0.3 is 10.1 Å². The van der Waals surface area contributed by atoms with Gasteiger partial charge in [0.15, 0.2) is 0 Å². The molecule has 0 radical (unpaired) electrons. The van der Waals surface area contributed by atoms with Crippen molar-refractivity contribution in [2.75, 3.05) is 11.9 Å². The number of fused-ring (bicyclic) bond motifs is 1. The van der Waals surface area contributed by atoms with E-state index in [0.717, 1.165) is 40.7 Å². The van der Waals surface area contributed by atoms with Crippen molar-refractivity contribution >= 4 is 17.0 Å². The lowest BCUT2D eigenvalue weighted by molar-refractivity contribution is 0.116. The van der Waals surface area contributed by atoms with E-state index in [4.69, 9.17) is 9.72 Å². The lowest BCUT2D eigenvalue weighted by atomic mass is 10.0. The van der Waals surface area contributed by atoms with Gasteiger partial charge in [-0.2, -0.15) is 0 Å². The molecule has 2 heterocycles. The largest absolute Gasteiger partial charge is 0.484 e. The maximum absolute atomic E-state index is 6.04. The maximum atomic E-state index is 6.04.